The third kappa shape index (κ3) is 2.31. The van der Waals surface area contributed by atoms with Gasteiger partial charge in [0.2, 0.25) is 0 Å². The first kappa shape index (κ1) is 13.1. The molecule has 0 unspecified atom stereocenters. The molecule has 1 aliphatic heterocycles. The lowest BCUT2D eigenvalue weighted by Gasteiger charge is -2.49. The van der Waals surface area contributed by atoms with Crippen molar-refractivity contribution in [3.8, 4) is 0 Å². The highest BCUT2D eigenvalue weighted by molar-refractivity contribution is 5.15. The van der Waals surface area contributed by atoms with E-state index in [0.717, 1.165) is 18.4 Å². The van der Waals surface area contributed by atoms with Crippen LogP contribution in [-0.2, 0) is 6.42 Å². The van der Waals surface area contributed by atoms with Crippen molar-refractivity contribution in [2.24, 2.45) is 5.92 Å². The number of fused-ring (bicyclic) bond motifs is 1. The summed E-state index contributed by atoms with van der Waals surface area (Å²) < 4.78 is -0.143. The van der Waals surface area contributed by atoms with Crippen molar-refractivity contribution in [3.05, 3.63) is 41.1 Å². The zero-order chi connectivity index (χ0) is 13.3. The molecule has 3 heteroatoms. The van der Waals surface area contributed by atoms with E-state index >= 15 is 0 Å². The molecule has 1 saturated heterocycles. The average Bonchev–Trinajstić information content (AvgIpc) is 3.02. The Bertz CT molecular complexity index is 422. The van der Waals surface area contributed by atoms with Crippen molar-refractivity contribution in [1.29, 1.82) is 0 Å². The normalized spacial score (nSPS) is 35.3. The standard InChI is InChI=1S/C16H23NO2/c18-12-15(11-13-5-2-1-3-6-13)17(19)10-9-14-7-4-8-16(14)17/h1-3,5-6,14-16,18H,4,7-12H2/t14-,15-,16-,17+/m0/s1. The van der Waals surface area contributed by atoms with Gasteiger partial charge in [-0.3, -0.25) is 0 Å². The second kappa shape index (κ2) is 5.23. The first-order chi connectivity index (χ1) is 9.24. The summed E-state index contributed by atoms with van der Waals surface area (Å²) in [6.07, 6.45) is 5.22. The van der Waals surface area contributed by atoms with Gasteiger partial charge in [-0.2, -0.15) is 0 Å². The van der Waals surface area contributed by atoms with Crippen LogP contribution in [0.15, 0.2) is 30.3 Å². The molecule has 0 aromatic heterocycles. The third-order valence-corrected chi connectivity index (χ3v) is 5.17. The smallest absolute Gasteiger partial charge is 0.116 e. The molecule has 1 aromatic carbocycles. The summed E-state index contributed by atoms with van der Waals surface area (Å²) >= 11 is 0. The molecule has 0 radical (unpaired) electrons. The zero-order valence-electron chi connectivity index (χ0n) is 11.4. The largest absolute Gasteiger partial charge is 0.632 e. The van der Waals surface area contributed by atoms with Crippen molar-refractivity contribution in [2.75, 3.05) is 13.2 Å². The molecule has 2 fully saturated rings. The topological polar surface area (TPSA) is 43.3 Å². The van der Waals surface area contributed by atoms with Crippen molar-refractivity contribution in [3.63, 3.8) is 0 Å². The van der Waals surface area contributed by atoms with Gasteiger partial charge in [0.05, 0.1) is 19.2 Å². The summed E-state index contributed by atoms with van der Waals surface area (Å²) in [5.41, 5.74) is 1.16. The Labute approximate surface area is 115 Å². The van der Waals surface area contributed by atoms with Crippen LogP contribution in [0.4, 0.5) is 0 Å². The molecule has 1 N–H and O–H groups in total. The van der Waals surface area contributed by atoms with E-state index in [2.05, 4.69) is 12.1 Å². The van der Waals surface area contributed by atoms with Crippen molar-refractivity contribution >= 4 is 0 Å². The summed E-state index contributed by atoms with van der Waals surface area (Å²) in [6.45, 7) is 0.703. The number of nitrogens with zero attached hydrogens (tertiary/aromatic N) is 1. The highest BCUT2D eigenvalue weighted by Crippen LogP contribution is 2.44. The van der Waals surface area contributed by atoms with Crippen LogP contribution in [0.5, 0.6) is 0 Å². The van der Waals surface area contributed by atoms with E-state index in [4.69, 9.17) is 0 Å². The summed E-state index contributed by atoms with van der Waals surface area (Å²) in [6, 6.07) is 10.2. The summed E-state index contributed by atoms with van der Waals surface area (Å²) in [7, 11) is 0. The predicted molar refractivity (Wildman–Crippen MR) is 75.3 cm³/mol. The maximum atomic E-state index is 13.2. The van der Waals surface area contributed by atoms with Crippen LogP contribution < -0.4 is 0 Å². The predicted octanol–water partition coefficient (Wildman–Crippen LogP) is 2.48. The zero-order valence-corrected chi connectivity index (χ0v) is 11.4. The first-order valence-corrected chi connectivity index (χ1v) is 7.47. The molecule has 0 amide bonds. The molecule has 0 spiro atoms. The van der Waals surface area contributed by atoms with Gasteiger partial charge in [0.25, 0.3) is 0 Å². The number of hydrogen-bond acceptors (Lipinski definition) is 2. The van der Waals surface area contributed by atoms with Crippen LogP contribution in [0, 0.1) is 11.1 Å². The van der Waals surface area contributed by atoms with E-state index in [1.807, 2.05) is 18.2 Å². The number of hydrogen-bond donors (Lipinski definition) is 1. The van der Waals surface area contributed by atoms with E-state index < -0.39 is 0 Å². The van der Waals surface area contributed by atoms with Crippen LogP contribution >= 0.6 is 0 Å². The molecular weight excluding hydrogens is 238 g/mol. The summed E-state index contributed by atoms with van der Waals surface area (Å²) in [5.74, 6) is 0.613. The molecule has 1 aromatic rings. The lowest BCUT2D eigenvalue weighted by molar-refractivity contribution is -0.918. The molecule has 1 heterocycles. The highest BCUT2D eigenvalue weighted by atomic mass is 16.6. The summed E-state index contributed by atoms with van der Waals surface area (Å²) in [4.78, 5) is 0. The van der Waals surface area contributed by atoms with Gasteiger partial charge in [0, 0.05) is 25.2 Å². The van der Waals surface area contributed by atoms with Crippen LogP contribution in [0.2, 0.25) is 0 Å². The molecule has 2 aliphatic rings. The minimum atomic E-state index is -0.185. The Morgan fingerprint density at radius 3 is 2.74 bits per heavy atom. The van der Waals surface area contributed by atoms with Crippen LogP contribution in [-0.4, -0.2) is 35.0 Å². The molecule has 104 valence electrons. The van der Waals surface area contributed by atoms with Crippen LogP contribution in [0.1, 0.15) is 31.2 Å². The quantitative estimate of drug-likeness (QED) is 0.668. The first-order valence-electron chi connectivity index (χ1n) is 7.47. The Kier molecular flexibility index (Phi) is 3.61. The molecule has 3 nitrogen and oxygen atoms in total. The molecule has 3 rings (SSSR count). The Morgan fingerprint density at radius 2 is 2.00 bits per heavy atom. The molecule has 4 atom stereocenters. The van der Waals surface area contributed by atoms with Gasteiger partial charge < -0.3 is 15.0 Å². The fraction of sp³-hybridized carbons (Fsp3) is 0.625. The van der Waals surface area contributed by atoms with E-state index in [1.54, 1.807) is 0 Å². The Hall–Kier alpha value is -0.900. The van der Waals surface area contributed by atoms with Gasteiger partial charge in [-0.25, -0.2) is 0 Å². The second-order valence-electron chi connectivity index (χ2n) is 6.15. The average molecular weight is 261 g/mol. The third-order valence-electron chi connectivity index (χ3n) is 5.17. The number of benzene rings is 1. The Morgan fingerprint density at radius 1 is 1.21 bits per heavy atom. The minimum Gasteiger partial charge on any atom is -0.632 e. The number of rotatable bonds is 4. The minimum absolute atomic E-state index is 0.00160. The lowest BCUT2D eigenvalue weighted by atomic mass is 10.0. The molecule has 1 saturated carbocycles. The molecule has 0 bridgehead atoms. The van der Waals surface area contributed by atoms with Crippen molar-refractivity contribution < 1.29 is 9.75 Å². The van der Waals surface area contributed by atoms with Gasteiger partial charge in [-0.1, -0.05) is 30.3 Å². The number of aliphatic hydroxyl groups excluding tert-OH is 1. The summed E-state index contributed by atoms with van der Waals surface area (Å²) in [5, 5.41) is 22.9. The fourth-order valence-corrected chi connectivity index (χ4v) is 4.16. The maximum absolute atomic E-state index is 13.2. The number of hydroxylamine groups is 3. The SMILES string of the molecule is [O-][N@@+]1([C@H](CO)Cc2ccccc2)CC[C@@H]2CCC[C@@H]21. The van der Waals surface area contributed by atoms with Crippen molar-refractivity contribution in [2.45, 2.75) is 44.2 Å². The molecular formula is C16H23NO2. The maximum Gasteiger partial charge on any atom is 0.116 e. The highest BCUT2D eigenvalue weighted by Gasteiger charge is 2.48. The molecule has 19 heavy (non-hydrogen) atoms. The van der Waals surface area contributed by atoms with Crippen molar-refractivity contribution in [1.82, 2.24) is 0 Å². The second-order valence-corrected chi connectivity index (χ2v) is 6.15. The van der Waals surface area contributed by atoms with E-state index in [1.165, 1.54) is 12.8 Å². The van der Waals surface area contributed by atoms with Gasteiger partial charge in [0.15, 0.2) is 0 Å². The van der Waals surface area contributed by atoms with E-state index in [0.29, 0.717) is 18.9 Å². The van der Waals surface area contributed by atoms with Crippen LogP contribution in [0.3, 0.4) is 0 Å². The molecule has 1 aliphatic carbocycles. The van der Waals surface area contributed by atoms with E-state index in [-0.39, 0.29) is 23.3 Å². The van der Waals surface area contributed by atoms with Gasteiger partial charge in [0.1, 0.15) is 6.04 Å². The monoisotopic (exact) mass is 261 g/mol. The van der Waals surface area contributed by atoms with Gasteiger partial charge in [-0.05, 0) is 18.4 Å². The number of likely N-dealkylation sites (tertiary alicyclic amines) is 1. The van der Waals surface area contributed by atoms with E-state index in [9.17, 15) is 10.3 Å². The van der Waals surface area contributed by atoms with Gasteiger partial charge >= 0.3 is 0 Å². The Balaban J connectivity index is 1.78. The number of aliphatic hydroxyl groups is 1. The van der Waals surface area contributed by atoms with Crippen LogP contribution in [0.25, 0.3) is 0 Å². The fourth-order valence-electron chi connectivity index (χ4n) is 4.16. The van der Waals surface area contributed by atoms with Gasteiger partial charge in [-0.15, -0.1) is 0 Å². The lowest BCUT2D eigenvalue weighted by Crippen LogP contribution is -2.56. The number of quaternary nitrogens is 1.